The zero-order valence-corrected chi connectivity index (χ0v) is 29.1. The molecule has 0 radical (unpaired) electrons. The summed E-state index contributed by atoms with van der Waals surface area (Å²) in [5, 5.41) is 0.177. The molecule has 0 spiro atoms. The number of carbonyl (C=O) groups excluding carboxylic acids is 2. The topological polar surface area (TPSA) is 195 Å². The summed E-state index contributed by atoms with van der Waals surface area (Å²) in [6, 6.07) is 13.7. The van der Waals surface area contributed by atoms with Gasteiger partial charge in [-0.25, -0.2) is 43.7 Å². The van der Waals surface area contributed by atoms with E-state index >= 15 is 0 Å². The van der Waals surface area contributed by atoms with Crippen LogP contribution in [0.3, 0.4) is 0 Å². The number of halogens is 3. The minimum Gasteiger partial charge on any atom is -0.443 e. The average Bonchev–Trinajstić information content (AvgIpc) is 3.48. The van der Waals surface area contributed by atoms with Crippen molar-refractivity contribution in [3.05, 3.63) is 98.0 Å². The molecule has 0 aliphatic heterocycles. The smallest absolute Gasteiger partial charge is 0.423 e. The van der Waals surface area contributed by atoms with E-state index in [0.29, 0.717) is 22.1 Å². The lowest BCUT2D eigenvalue weighted by atomic mass is 10.2. The minimum absolute atomic E-state index is 0.0264. The summed E-state index contributed by atoms with van der Waals surface area (Å²) in [7, 11) is 0. The van der Waals surface area contributed by atoms with Crippen molar-refractivity contribution >= 4 is 69.1 Å². The molecule has 0 amide bonds. The molecule has 4 aromatic heterocycles. The predicted octanol–water partition coefficient (Wildman–Crippen LogP) is 5.71. The number of fused-ring (bicyclic) bond motifs is 2. The number of para-hydroxylation sites is 4. The number of aromatic nitrogens is 10. The van der Waals surface area contributed by atoms with Gasteiger partial charge in [-0.05, 0) is 101 Å². The van der Waals surface area contributed by atoms with E-state index in [2.05, 4.69) is 34.9 Å². The van der Waals surface area contributed by atoms with Crippen molar-refractivity contribution in [1.29, 1.82) is 0 Å². The highest BCUT2D eigenvalue weighted by Crippen LogP contribution is 2.18. The molecule has 4 heterocycles. The van der Waals surface area contributed by atoms with Crippen LogP contribution in [0.4, 0.5) is 9.59 Å². The van der Waals surface area contributed by atoms with E-state index in [-0.39, 0.29) is 21.8 Å². The zero-order valence-electron chi connectivity index (χ0n) is 26.9. The first kappa shape index (κ1) is 36.6. The van der Waals surface area contributed by atoms with E-state index in [1.807, 2.05) is 0 Å². The summed E-state index contributed by atoms with van der Waals surface area (Å²) in [6.45, 7) is 10.4. The lowest BCUT2D eigenvalue weighted by Crippen LogP contribution is -2.34. The van der Waals surface area contributed by atoms with Crippen LogP contribution in [0.1, 0.15) is 41.5 Å². The fourth-order valence-electron chi connectivity index (χ4n) is 4.00. The van der Waals surface area contributed by atoms with Gasteiger partial charge < -0.3 is 14.5 Å². The lowest BCUT2D eigenvalue weighted by molar-refractivity contribution is 0.0526. The summed E-state index contributed by atoms with van der Waals surface area (Å²) in [5.41, 5.74) is -0.530. The molecule has 2 aromatic carbocycles. The normalized spacial score (nSPS) is 11.3. The van der Waals surface area contributed by atoms with E-state index in [4.69, 9.17) is 44.3 Å². The summed E-state index contributed by atoms with van der Waals surface area (Å²) in [4.78, 5) is 73.5. The standard InChI is InChI=1S/C15H14ClN5O3.C12H14N2O3.C3HCl2N3/c1-15(2,3)24-14(23)21-10-7-5-4-6-9(10)20(13(21)22)12-18-8-17-11(16)19-12;1-12(2,3)17-11(16)14-9-7-5-4-6-8(9)13-10(14)15;4-2-6-1-7-3(5)8-2/h4-8H,1-3H3;4-7H,1-3H3,(H,13,15);1H. The Balaban J connectivity index is 0.000000187. The summed E-state index contributed by atoms with van der Waals surface area (Å²) in [5.74, 6) is 0.0264. The van der Waals surface area contributed by atoms with Crippen molar-refractivity contribution in [2.75, 3.05) is 0 Å². The maximum atomic E-state index is 12.8. The highest BCUT2D eigenvalue weighted by molar-refractivity contribution is 6.30. The predicted molar refractivity (Wildman–Crippen MR) is 182 cm³/mol. The van der Waals surface area contributed by atoms with Gasteiger partial charge in [-0.15, -0.1) is 0 Å². The molecule has 16 nitrogen and oxygen atoms in total. The first-order chi connectivity index (χ1) is 22.9. The maximum absolute atomic E-state index is 12.8. The number of aromatic amines is 1. The Morgan fingerprint density at radius 2 is 1.12 bits per heavy atom. The van der Waals surface area contributed by atoms with Crippen molar-refractivity contribution in [2.24, 2.45) is 0 Å². The van der Waals surface area contributed by atoms with Gasteiger partial charge in [0.05, 0.1) is 22.1 Å². The molecule has 0 saturated carbocycles. The number of ether oxygens (including phenoxy) is 2. The molecular weight excluding hydrogens is 703 g/mol. The van der Waals surface area contributed by atoms with E-state index in [9.17, 15) is 19.2 Å². The first-order valence-electron chi connectivity index (χ1n) is 14.2. The monoisotopic (exact) mass is 730 g/mol. The van der Waals surface area contributed by atoms with Gasteiger partial charge in [-0.3, -0.25) is 0 Å². The molecule has 0 atom stereocenters. The number of nitrogens with zero attached hydrogens (tertiary/aromatic N) is 9. The molecule has 0 aliphatic carbocycles. The van der Waals surface area contributed by atoms with E-state index < -0.39 is 34.8 Å². The second kappa shape index (κ2) is 14.9. The van der Waals surface area contributed by atoms with Gasteiger partial charge in [0.15, 0.2) is 0 Å². The van der Waals surface area contributed by atoms with Crippen molar-refractivity contribution < 1.29 is 19.1 Å². The van der Waals surface area contributed by atoms with Crippen LogP contribution < -0.4 is 11.4 Å². The molecule has 49 heavy (non-hydrogen) atoms. The maximum Gasteiger partial charge on any atom is 0.423 e. The molecule has 19 heteroatoms. The fraction of sp³-hybridized carbons (Fsp3) is 0.267. The third-order valence-corrected chi connectivity index (χ3v) is 6.28. The third kappa shape index (κ3) is 9.46. The van der Waals surface area contributed by atoms with Crippen molar-refractivity contribution in [2.45, 2.75) is 52.7 Å². The van der Waals surface area contributed by atoms with E-state index in [1.165, 1.54) is 17.2 Å². The minimum atomic E-state index is -0.775. The molecule has 1 N–H and O–H groups in total. The van der Waals surface area contributed by atoms with Crippen molar-refractivity contribution in [3.8, 4) is 5.95 Å². The van der Waals surface area contributed by atoms with Gasteiger partial charge in [0.2, 0.25) is 21.8 Å². The molecule has 256 valence electrons. The molecule has 0 saturated heterocycles. The summed E-state index contributed by atoms with van der Waals surface area (Å²) < 4.78 is 13.6. The fourth-order valence-corrected chi connectivity index (χ4v) is 4.41. The molecule has 6 rings (SSSR count). The summed E-state index contributed by atoms with van der Waals surface area (Å²) in [6.07, 6.45) is 0.997. The Hall–Kier alpha value is -5.19. The molecule has 0 fully saturated rings. The number of nitrogens with one attached hydrogen (secondary N) is 1. The lowest BCUT2D eigenvalue weighted by Gasteiger charge is -2.19. The Morgan fingerprint density at radius 3 is 1.63 bits per heavy atom. The number of imidazole rings is 2. The molecule has 6 aromatic rings. The Bertz CT molecular complexity index is 2230. The van der Waals surface area contributed by atoms with Crippen LogP contribution in [0.25, 0.3) is 28.0 Å². The summed E-state index contributed by atoms with van der Waals surface area (Å²) >= 11 is 16.4. The van der Waals surface area contributed by atoms with Crippen LogP contribution in [0, 0.1) is 0 Å². The average molecular weight is 732 g/mol. The van der Waals surface area contributed by atoms with Crippen molar-refractivity contribution in [1.82, 2.24) is 48.6 Å². The van der Waals surface area contributed by atoms with E-state index in [1.54, 1.807) is 90.1 Å². The SMILES string of the molecule is CC(C)(C)OC(=O)n1c(=O)[nH]c2ccccc21.CC(C)(C)OC(=O)n1c(=O)n(-c2ncnc(Cl)n2)c2ccccc21.Clc1ncnc(Cl)n1. The molecular formula is C30H29Cl3N10O6. The number of H-pyrrole nitrogens is 1. The van der Waals surface area contributed by atoms with Crippen LogP contribution in [0.15, 0.2) is 70.8 Å². The Morgan fingerprint density at radius 1 is 0.653 bits per heavy atom. The van der Waals surface area contributed by atoms with Crippen molar-refractivity contribution in [3.63, 3.8) is 0 Å². The second-order valence-corrected chi connectivity index (χ2v) is 12.8. The van der Waals surface area contributed by atoms with Gasteiger partial charge in [0.1, 0.15) is 23.9 Å². The van der Waals surface area contributed by atoms with E-state index in [0.717, 1.165) is 9.13 Å². The molecule has 0 bridgehead atoms. The first-order valence-corrected chi connectivity index (χ1v) is 15.3. The highest BCUT2D eigenvalue weighted by Gasteiger charge is 2.25. The number of hydrogen-bond acceptors (Lipinski definition) is 12. The van der Waals surface area contributed by atoms with Crippen LogP contribution in [-0.4, -0.2) is 72.0 Å². The van der Waals surface area contributed by atoms with Gasteiger partial charge in [-0.2, -0.15) is 19.1 Å². The third-order valence-electron chi connectivity index (χ3n) is 5.73. The largest absolute Gasteiger partial charge is 0.443 e. The van der Waals surface area contributed by atoms with Crippen LogP contribution in [0.5, 0.6) is 0 Å². The van der Waals surface area contributed by atoms with Gasteiger partial charge >= 0.3 is 23.6 Å². The van der Waals surface area contributed by atoms with Gasteiger partial charge in [0, 0.05) is 0 Å². The Labute approximate surface area is 292 Å². The second-order valence-electron chi connectivity index (χ2n) is 11.8. The number of rotatable bonds is 1. The van der Waals surface area contributed by atoms with Crippen LogP contribution in [0.2, 0.25) is 15.9 Å². The van der Waals surface area contributed by atoms with Crippen LogP contribution >= 0.6 is 34.8 Å². The van der Waals surface area contributed by atoms with Gasteiger partial charge in [-0.1, -0.05) is 24.3 Å². The number of benzene rings is 2. The zero-order chi connectivity index (χ0) is 36.1. The van der Waals surface area contributed by atoms with Gasteiger partial charge in [0.25, 0.3) is 0 Å². The quantitative estimate of drug-likeness (QED) is 0.217. The molecule has 0 unspecified atom stereocenters. The number of hydrogen-bond donors (Lipinski definition) is 1. The number of carbonyl (C=O) groups is 2. The highest BCUT2D eigenvalue weighted by atomic mass is 35.5. The molecule has 0 aliphatic rings. The Kier molecular flexibility index (Phi) is 11.2. The van der Waals surface area contributed by atoms with Crippen LogP contribution in [-0.2, 0) is 9.47 Å².